The Balaban J connectivity index is 1.70. The zero-order valence-corrected chi connectivity index (χ0v) is 11.4. The molecule has 0 heterocycles. The van der Waals surface area contributed by atoms with E-state index in [0.29, 0.717) is 18.7 Å². The van der Waals surface area contributed by atoms with Gasteiger partial charge in [0.1, 0.15) is 11.6 Å². The van der Waals surface area contributed by atoms with Gasteiger partial charge in [0.15, 0.2) is 0 Å². The Morgan fingerprint density at radius 3 is 2.43 bits per heavy atom. The van der Waals surface area contributed by atoms with Crippen molar-refractivity contribution < 1.29 is 13.6 Å². The quantitative estimate of drug-likeness (QED) is 0.859. The Morgan fingerprint density at radius 1 is 1.00 bits per heavy atom. The molecule has 0 aliphatic carbocycles. The summed E-state index contributed by atoms with van der Waals surface area (Å²) in [5.74, 6) is -0.895. The maximum absolute atomic E-state index is 13.3. The van der Waals surface area contributed by atoms with Gasteiger partial charge in [-0.3, -0.25) is 4.79 Å². The molecule has 2 aromatic rings. The maximum atomic E-state index is 13.3. The van der Waals surface area contributed by atoms with Crippen LogP contribution in [-0.4, -0.2) is 19.0 Å². The van der Waals surface area contributed by atoms with E-state index in [2.05, 4.69) is 10.6 Å². The molecule has 2 rings (SSSR count). The van der Waals surface area contributed by atoms with Crippen molar-refractivity contribution in [1.82, 2.24) is 5.32 Å². The molecule has 0 aromatic heterocycles. The standard InChI is InChI=1S/C16H16F2N2O/c17-13-7-5-12(6-8-13)9-10-19-16(21)11-20-15-4-2-1-3-14(15)18/h1-8,20H,9-11H2,(H,19,21). The molecular formula is C16H16F2N2O. The summed E-state index contributed by atoms with van der Waals surface area (Å²) in [6, 6.07) is 12.3. The molecule has 0 bridgehead atoms. The molecule has 1 amide bonds. The van der Waals surface area contributed by atoms with E-state index in [0.717, 1.165) is 5.56 Å². The Hall–Kier alpha value is -2.43. The maximum Gasteiger partial charge on any atom is 0.239 e. The van der Waals surface area contributed by atoms with Gasteiger partial charge < -0.3 is 10.6 Å². The molecule has 5 heteroatoms. The first kappa shape index (κ1) is 15.0. The van der Waals surface area contributed by atoms with Crippen molar-refractivity contribution in [2.75, 3.05) is 18.4 Å². The molecule has 2 aromatic carbocycles. The van der Waals surface area contributed by atoms with Gasteiger partial charge in [-0.2, -0.15) is 0 Å². The zero-order valence-electron chi connectivity index (χ0n) is 11.4. The second-order valence-corrected chi connectivity index (χ2v) is 4.56. The number of para-hydroxylation sites is 1. The van der Waals surface area contributed by atoms with Crippen LogP contribution in [0.1, 0.15) is 5.56 Å². The number of hydrogen-bond acceptors (Lipinski definition) is 2. The number of carbonyl (C=O) groups is 1. The highest BCUT2D eigenvalue weighted by Gasteiger charge is 2.04. The van der Waals surface area contributed by atoms with Crippen LogP contribution in [0.25, 0.3) is 0 Å². The lowest BCUT2D eigenvalue weighted by Crippen LogP contribution is -2.31. The largest absolute Gasteiger partial charge is 0.374 e. The molecule has 0 radical (unpaired) electrons. The van der Waals surface area contributed by atoms with Crippen molar-refractivity contribution in [1.29, 1.82) is 0 Å². The molecule has 0 spiro atoms. The van der Waals surface area contributed by atoms with E-state index in [1.54, 1.807) is 30.3 Å². The summed E-state index contributed by atoms with van der Waals surface area (Å²) in [6.45, 7) is 0.452. The molecule has 0 saturated carbocycles. The number of benzene rings is 2. The molecular weight excluding hydrogens is 274 g/mol. The van der Waals surface area contributed by atoms with Gasteiger partial charge >= 0.3 is 0 Å². The summed E-state index contributed by atoms with van der Waals surface area (Å²) in [5, 5.41) is 5.45. The third kappa shape index (κ3) is 4.87. The zero-order chi connectivity index (χ0) is 15.1. The molecule has 110 valence electrons. The van der Waals surface area contributed by atoms with Crippen LogP contribution in [0.15, 0.2) is 48.5 Å². The summed E-state index contributed by atoms with van der Waals surface area (Å²) >= 11 is 0. The average Bonchev–Trinajstić information content (AvgIpc) is 2.48. The van der Waals surface area contributed by atoms with E-state index in [9.17, 15) is 13.6 Å². The summed E-state index contributed by atoms with van der Waals surface area (Å²) < 4.78 is 26.0. The van der Waals surface area contributed by atoms with Gasteiger partial charge in [0.2, 0.25) is 5.91 Å². The fourth-order valence-corrected chi connectivity index (χ4v) is 1.84. The fourth-order valence-electron chi connectivity index (χ4n) is 1.84. The van der Waals surface area contributed by atoms with Crippen LogP contribution in [0.3, 0.4) is 0 Å². The van der Waals surface area contributed by atoms with Crippen molar-refractivity contribution in [3.05, 3.63) is 65.7 Å². The summed E-state index contributed by atoms with van der Waals surface area (Å²) in [6.07, 6.45) is 0.617. The Labute approximate surface area is 122 Å². The second-order valence-electron chi connectivity index (χ2n) is 4.56. The molecule has 0 atom stereocenters. The van der Waals surface area contributed by atoms with Crippen molar-refractivity contribution in [2.24, 2.45) is 0 Å². The van der Waals surface area contributed by atoms with E-state index in [1.807, 2.05) is 0 Å². The van der Waals surface area contributed by atoms with Gasteiger partial charge in [-0.05, 0) is 36.2 Å². The Kier molecular flexibility index (Phi) is 5.26. The van der Waals surface area contributed by atoms with Gasteiger partial charge in [0.05, 0.1) is 12.2 Å². The monoisotopic (exact) mass is 290 g/mol. The minimum absolute atomic E-state index is 0.00432. The van der Waals surface area contributed by atoms with Crippen LogP contribution in [-0.2, 0) is 11.2 Å². The van der Waals surface area contributed by atoms with Crippen molar-refractivity contribution in [3.63, 3.8) is 0 Å². The Bertz CT molecular complexity index is 599. The number of anilines is 1. The molecule has 0 saturated heterocycles. The molecule has 0 aliphatic rings. The number of amides is 1. The first-order valence-corrected chi connectivity index (χ1v) is 6.65. The van der Waals surface area contributed by atoms with Crippen LogP contribution in [0.4, 0.5) is 14.5 Å². The van der Waals surface area contributed by atoms with E-state index >= 15 is 0 Å². The highest BCUT2D eigenvalue weighted by atomic mass is 19.1. The van der Waals surface area contributed by atoms with Crippen molar-refractivity contribution in [3.8, 4) is 0 Å². The lowest BCUT2D eigenvalue weighted by molar-refractivity contribution is -0.119. The highest BCUT2D eigenvalue weighted by molar-refractivity contribution is 5.80. The number of rotatable bonds is 6. The summed E-state index contributed by atoms with van der Waals surface area (Å²) in [4.78, 5) is 11.6. The Morgan fingerprint density at radius 2 is 1.71 bits per heavy atom. The van der Waals surface area contributed by atoms with E-state index in [-0.39, 0.29) is 18.3 Å². The number of hydrogen-bond donors (Lipinski definition) is 2. The van der Waals surface area contributed by atoms with Gasteiger partial charge in [0.25, 0.3) is 0 Å². The first-order chi connectivity index (χ1) is 10.1. The predicted molar refractivity (Wildman–Crippen MR) is 78.0 cm³/mol. The molecule has 3 nitrogen and oxygen atoms in total. The van der Waals surface area contributed by atoms with Gasteiger partial charge in [-0.1, -0.05) is 24.3 Å². The molecule has 0 unspecified atom stereocenters. The van der Waals surface area contributed by atoms with Crippen LogP contribution in [0.5, 0.6) is 0 Å². The van der Waals surface area contributed by atoms with Gasteiger partial charge in [-0.15, -0.1) is 0 Å². The molecule has 0 aliphatic heterocycles. The SMILES string of the molecule is O=C(CNc1ccccc1F)NCCc1ccc(F)cc1. The third-order valence-corrected chi connectivity index (χ3v) is 2.96. The molecule has 2 N–H and O–H groups in total. The van der Waals surface area contributed by atoms with Gasteiger partial charge in [0, 0.05) is 6.54 Å². The van der Waals surface area contributed by atoms with E-state index < -0.39 is 5.82 Å². The first-order valence-electron chi connectivity index (χ1n) is 6.65. The minimum atomic E-state index is -0.392. The number of carbonyl (C=O) groups excluding carboxylic acids is 1. The predicted octanol–water partition coefficient (Wildman–Crippen LogP) is 2.74. The second kappa shape index (κ2) is 7.38. The van der Waals surface area contributed by atoms with E-state index in [1.165, 1.54) is 18.2 Å². The van der Waals surface area contributed by atoms with Crippen LogP contribution in [0.2, 0.25) is 0 Å². The average molecular weight is 290 g/mol. The lowest BCUT2D eigenvalue weighted by Gasteiger charge is -2.08. The van der Waals surface area contributed by atoms with Crippen LogP contribution >= 0.6 is 0 Å². The summed E-state index contributed by atoms with van der Waals surface area (Å²) in [5.41, 5.74) is 1.24. The molecule has 0 fully saturated rings. The van der Waals surface area contributed by atoms with Crippen molar-refractivity contribution >= 4 is 11.6 Å². The van der Waals surface area contributed by atoms with Gasteiger partial charge in [-0.25, -0.2) is 8.78 Å². The van der Waals surface area contributed by atoms with E-state index in [4.69, 9.17) is 0 Å². The summed E-state index contributed by atoms with van der Waals surface area (Å²) in [7, 11) is 0. The topological polar surface area (TPSA) is 41.1 Å². The number of halogens is 2. The fraction of sp³-hybridized carbons (Fsp3) is 0.188. The number of nitrogens with one attached hydrogen (secondary N) is 2. The molecule has 21 heavy (non-hydrogen) atoms. The third-order valence-electron chi connectivity index (χ3n) is 2.96. The minimum Gasteiger partial charge on any atom is -0.374 e. The van der Waals surface area contributed by atoms with Crippen LogP contribution < -0.4 is 10.6 Å². The van der Waals surface area contributed by atoms with Crippen molar-refractivity contribution in [2.45, 2.75) is 6.42 Å². The van der Waals surface area contributed by atoms with Crippen LogP contribution in [0, 0.1) is 11.6 Å². The highest BCUT2D eigenvalue weighted by Crippen LogP contribution is 2.11. The normalized spacial score (nSPS) is 10.2. The smallest absolute Gasteiger partial charge is 0.239 e. The lowest BCUT2D eigenvalue weighted by atomic mass is 10.1.